The van der Waals surface area contributed by atoms with Gasteiger partial charge in [0.05, 0.1) is 12.5 Å². The molecule has 0 aromatic carbocycles. The molecule has 0 unspecified atom stereocenters. The Hall–Kier alpha value is -1.84. The van der Waals surface area contributed by atoms with Gasteiger partial charge in [-0.15, -0.1) is 0 Å². The summed E-state index contributed by atoms with van der Waals surface area (Å²) in [7, 11) is 0. The molecule has 4 heteroatoms. The molecule has 2 heterocycles. The van der Waals surface area contributed by atoms with E-state index in [4.69, 9.17) is 4.42 Å². The maximum atomic E-state index is 10.9. The number of imidazole rings is 1. The number of carbonyl (C=O) groups excluding carboxylic acids is 1. The molecule has 0 aliphatic heterocycles. The van der Waals surface area contributed by atoms with Crippen LogP contribution in [-0.2, 0) is 0 Å². The fourth-order valence-electron chi connectivity index (χ4n) is 1.04. The summed E-state index contributed by atoms with van der Waals surface area (Å²) in [6, 6.07) is 3.55. The van der Waals surface area contributed by atoms with Gasteiger partial charge in [-0.2, -0.15) is 0 Å². The summed E-state index contributed by atoms with van der Waals surface area (Å²) in [5, 5.41) is 0. The second kappa shape index (κ2) is 2.90. The molecule has 0 amide bonds. The number of aromatic amines is 1. The van der Waals surface area contributed by atoms with E-state index in [1.165, 1.54) is 13.1 Å². The number of hydrogen-bond donors (Lipinski definition) is 1. The van der Waals surface area contributed by atoms with Gasteiger partial charge in [0.15, 0.2) is 17.4 Å². The van der Waals surface area contributed by atoms with Gasteiger partial charge in [0, 0.05) is 6.92 Å². The highest BCUT2D eigenvalue weighted by Gasteiger charge is 2.07. The SMILES string of the molecule is CC(=O)c1cnc(-c2ccco2)[nH]1. The molecule has 0 saturated carbocycles. The van der Waals surface area contributed by atoms with Crippen LogP contribution in [0.3, 0.4) is 0 Å². The lowest BCUT2D eigenvalue weighted by atomic mass is 10.3. The summed E-state index contributed by atoms with van der Waals surface area (Å²) in [5.41, 5.74) is 0.492. The van der Waals surface area contributed by atoms with E-state index in [0.29, 0.717) is 17.3 Å². The number of rotatable bonds is 2. The molecule has 4 nitrogen and oxygen atoms in total. The summed E-state index contributed by atoms with van der Waals surface area (Å²) in [6.07, 6.45) is 3.06. The minimum Gasteiger partial charge on any atom is -0.461 e. The van der Waals surface area contributed by atoms with E-state index in [1.807, 2.05) is 0 Å². The third-order valence-electron chi connectivity index (χ3n) is 1.71. The fourth-order valence-corrected chi connectivity index (χ4v) is 1.04. The van der Waals surface area contributed by atoms with E-state index in [9.17, 15) is 4.79 Å². The standard InChI is InChI=1S/C9H8N2O2/c1-6(12)7-5-10-9(11-7)8-3-2-4-13-8/h2-5H,1H3,(H,10,11). The molecular formula is C9H8N2O2. The van der Waals surface area contributed by atoms with Crippen LogP contribution in [0.4, 0.5) is 0 Å². The highest BCUT2D eigenvalue weighted by atomic mass is 16.3. The van der Waals surface area contributed by atoms with E-state index in [-0.39, 0.29) is 5.78 Å². The molecule has 0 aliphatic rings. The molecule has 0 radical (unpaired) electrons. The van der Waals surface area contributed by atoms with Gasteiger partial charge in [0.25, 0.3) is 0 Å². The van der Waals surface area contributed by atoms with Crippen LogP contribution >= 0.6 is 0 Å². The quantitative estimate of drug-likeness (QED) is 0.710. The largest absolute Gasteiger partial charge is 0.461 e. The van der Waals surface area contributed by atoms with Crippen LogP contribution in [0.25, 0.3) is 11.6 Å². The molecule has 2 aromatic rings. The van der Waals surface area contributed by atoms with Crippen LogP contribution in [0.2, 0.25) is 0 Å². The first-order valence-corrected chi connectivity index (χ1v) is 3.87. The first-order chi connectivity index (χ1) is 6.27. The summed E-state index contributed by atoms with van der Waals surface area (Å²) in [5.74, 6) is 1.17. The second-order valence-corrected chi connectivity index (χ2v) is 2.68. The Labute approximate surface area is 74.6 Å². The maximum absolute atomic E-state index is 10.9. The number of Topliss-reactive ketones (excluding diaryl/α,β-unsaturated/α-hetero) is 1. The van der Waals surface area contributed by atoms with Crippen molar-refractivity contribution >= 4 is 5.78 Å². The van der Waals surface area contributed by atoms with Gasteiger partial charge in [-0.25, -0.2) is 4.98 Å². The van der Waals surface area contributed by atoms with Gasteiger partial charge < -0.3 is 9.40 Å². The highest BCUT2D eigenvalue weighted by Crippen LogP contribution is 2.15. The van der Waals surface area contributed by atoms with Crippen LogP contribution in [0.5, 0.6) is 0 Å². The van der Waals surface area contributed by atoms with Crippen LogP contribution in [0, 0.1) is 0 Å². The first kappa shape index (κ1) is 7.79. The van der Waals surface area contributed by atoms with Crippen molar-refractivity contribution in [3.05, 3.63) is 30.3 Å². The summed E-state index contributed by atoms with van der Waals surface area (Å²) in [4.78, 5) is 17.8. The zero-order valence-corrected chi connectivity index (χ0v) is 7.07. The van der Waals surface area contributed by atoms with Crippen LogP contribution < -0.4 is 0 Å². The van der Waals surface area contributed by atoms with Gasteiger partial charge in [-0.3, -0.25) is 4.79 Å². The third kappa shape index (κ3) is 1.38. The van der Waals surface area contributed by atoms with Crippen LogP contribution in [0.15, 0.2) is 29.0 Å². The monoisotopic (exact) mass is 176 g/mol. The molecule has 0 aliphatic carbocycles. The van der Waals surface area contributed by atoms with Crippen LogP contribution in [-0.4, -0.2) is 15.8 Å². The molecular weight excluding hydrogens is 168 g/mol. The maximum Gasteiger partial charge on any atom is 0.177 e. The Kier molecular flexibility index (Phi) is 1.73. The Morgan fingerprint density at radius 2 is 2.46 bits per heavy atom. The smallest absolute Gasteiger partial charge is 0.177 e. The van der Waals surface area contributed by atoms with Gasteiger partial charge in [0.2, 0.25) is 0 Å². The molecule has 0 saturated heterocycles. The van der Waals surface area contributed by atoms with Crippen molar-refractivity contribution in [1.29, 1.82) is 0 Å². The Morgan fingerprint density at radius 1 is 1.62 bits per heavy atom. The number of hydrogen-bond acceptors (Lipinski definition) is 3. The van der Waals surface area contributed by atoms with Gasteiger partial charge >= 0.3 is 0 Å². The van der Waals surface area contributed by atoms with Crippen molar-refractivity contribution in [2.24, 2.45) is 0 Å². The molecule has 0 bridgehead atoms. The van der Waals surface area contributed by atoms with Crippen LogP contribution in [0.1, 0.15) is 17.4 Å². The Bertz CT molecular complexity index is 415. The number of furan rings is 1. The summed E-state index contributed by atoms with van der Waals surface area (Å²) >= 11 is 0. The van der Waals surface area contributed by atoms with Crippen molar-refractivity contribution in [3.63, 3.8) is 0 Å². The number of carbonyl (C=O) groups is 1. The third-order valence-corrected chi connectivity index (χ3v) is 1.71. The lowest BCUT2D eigenvalue weighted by Gasteiger charge is -1.88. The van der Waals surface area contributed by atoms with Crippen molar-refractivity contribution in [2.75, 3.05) is 0 Å². The Morgan fingerprint density at radius 3 is 3.00 bits per heavy atom. The van der Waals surface area contributed by atoms with E-state index >= 15 is 0 Å². The molecule has 1 N–H and O–H groups in total. The van der Waals surface area contributed by atoms with E-state index < -0.39 is 0 Å². The highest BCUT2D eigenvalue weighted by molar-refractivity contribution is 5.92. The molecule has 66 valence electrons. The second-order valence-electron chi connectivity index (χ2n) is 2.68. The normalized spacial score (nSPS) is 10.2. The number of nitrogens with zero attached hydrogens (tertiary/aromatic N) is 1. The van der Waals surface area contributed by atoms with E-state index in [2.05, 4.69) is 9.97 Å². The zero-order chi connectivity index (χ0) is 9.26. The molecule has 0 fully saturated rings. The number of ketones is 1. The minimum absolute atomic E-state index is 0.0368. The average Bonchev–Trinajstić information content (AvgIpc) is 2.75. The molecule has 13 heavy (non-hydrogen) atoms. The number of aromatic nitrogens is 2. The fraction of sp³-hybridized carbons (Fsp3) is 0.111. The lowest BCUT2D eigenvalue weighted by Crippen LogP contribution is -1.90. The van der Waals surface area contributed by atoms with Crippen molar-refractivity contribution in [3.8, 4) is 11.6 Å². The van der Waals surface area contributed by atoms with Crippen molar-refractivity contribution in [1.82, 2.24) is 9.97 Å². The van der Waals surface area contributed by atoms with Gasteiger partial charge in [-0.05, 0) is 12.1 Å². The van der Waals surface area contributed by atoms with Crippen molar-refractivity contribution < 1.29 is 9.21 Å². The number of nitrogens with one attached hydrogen (secondary N) is 1. The van der Waals surface area contributed by atoms with E-state index in [0.717, 1.165) is 0 Å². The first-order valence-electron chi connectivity index (χ1n) is 3.87. The van der Waals surface area contributed by atoms with E-state index in [1.54, 1.807) is 18.4 Å². The van der Waals surface area contributed by atoms with Gasteiger partial charge in [-0.1, -0.05) is 0 Å². The molecule has 0 spiro atoms. The van der Waals surface area contributed by atoms with Crippen molar-refractivity contribution in [2.45, 2.75) is 6.92 Å². The minimum atomic E-state index is -0.0368. The average molecular weight is 176 g/mol. The van der Waals surface area contributed by atoms with Gasteiger partial charge in [0.1, 0.15) is 5.69 Å². The summed E-state index contributed by atoms with van der Waals surface area (Å²) < 4.78 is 5.11. The topological polar surface area (TPSA) is 58.9 Å². The number of H-pyrrole nitrogens is 1. The lowest BCUT2D eigenvalue weighted by molar-refractivity contribution is 0.101. The molecule has 2 rings (SSSR count). The Balaban J connectivity index is 2.39. The summed E-state index contributed by atoms with van der Waals surface area (Å²) in [6.45, 7) is 1.49. The molecule has 0 atom stereocenters. The predicted octanol–water partition coefficient (Wildman–Crippen LogP) is 1.87. The molecule has 2 aromatic heterocycles. The zero-order valence-electron chi connectivity index (χ0n) is 7.07. The predicted molar refractivity (Wildman–Crippen MR) is 46.3 cm³/mol.